The van der Waals surface area contributed by atoms with Crippen LogP contribution in [0.3, 0.4) is 0 Å². The fourth-order valence-electron chi connectivity index (χ4n) is 4.24. The fourth-order valence-corrected chi connectivity index (χ4v) is 4.80. The van der Waals surface area contributed by atoms with Crippen molar-refractivity contribution < 1.29 is 18.4 Å². The van der Waals surface area contributed by atoms with Crippen molar-refractivity contribution >= 4 is 35.0 Å². The molecule has 8 nitrogen and oxygen atoms in total. The average molecular weight is 532 g/mol. The largest absolute Gasteiger partial charge is 0.411 e. The van der Waals surface area contributed by atoms with Gasteiger partial charge in [0.15, 0.2) is 0 Å². The number of carbonyl (C=O) groups is 2. The molecule has 0 aliphatic carbocycles. The Morgan fingerprint density at radius 3 is 2.47 bits per heavy atom. The molecule has 0 spiro atoms. The molecule has 1 aliphatic heterocycles. The zero-order valence-electron chi connectivity index (χ0n) is 20.8. The smallest absolute Gasteiger partial charge is 0.277 e. The summed E-state index contributed by atoms with van der Waals surface area (Å²) in [6.07, 6.45) is 0. The van der Waals surface area contributed by atoms with Crippen molar-refractivity contribution in [2.75, 3.05) is 42.1 Å². The van der Waals surface area contributed by atoms with Crippen LogP contribution in [0.4, 0.5) is 15.8 Å². The van der Waals surface area contributed by atoms with Crippen molar-refractivity contribution in [2.45, 2.75) is 12.1 Å². The van der Waals surface area contributed by atoms with Crippen LogP contribution in [-0.4, -0.2) is 58.8 Å². The lowest BCUT2D eigenvalue weighted by Gasteiger charge is -2.36. The molecule has 1 N–H and O–H groups in total. The molecule has 2 heterocycles. The van der Waals surface area contributed by atoms with Crippen molar-refractivity contribution in [3.05, 3.63) is 89.7 Å². The maximum atomic E-state index is 13.4. The maximum Gasteiger partial charge on any atom is 0.277 e. The van der Waals surface area contributed by atoms with E-state index in [4.69, 9.17) is 4.42 Å². The van der Waals surface area contributed by atoms with Crippen LogP contribution < -0.4 is 10.2 Å². The summed E-state index contributed by atoms with van der Waals surface area (Å²) in [6, 6.07) is 21.2. The van der Waals surface area contributed by atoms with E-state index in [2.05, 4.69) is 20.4 Å². The van der Waals surface area contributed by atoms with E-state index < -0.39 is 5.82 Å². The van der Waals surface area contributed by atoms with Gasteiger partial charge in [-0.2, -0.15) is 0 Å². The average Bonchev–Trinajstić information content (AvgIpc) is 3.42. The minimum Gasteiger partial charge on any atom is -0.411 e. The van der Waals surface area contributed by atoms with Crippen molar-refractivity contribution in [1.82, 2.24) is 15.1 Å². The van der Waals surface area contributed by atoms with E-state index in [-0.39, 0.29) is 28.7 Å². The standard InChI is InChI=1S/C28H26FN5O3S/c1-19-5-2-3-8-24(19)27(36)34-15-13-33(14-16-34)23-11-9-22(10-12-23)30-25(35)18-38-28-32-31-26(37-28)20-6-4-7-21(29)17-20/h2-12,17H,13-16,18H2,1H3,(H,30,35). The number of nitrogens with zero attached hydrogens (tertiary/aromatic N) is 4. The summed E-state index contributed by atoms with van der Waals surface area (Å²) in [5.41, 5.74) is 3.94. The Labute approximate surface area is 223 Å². The topological polar surface area (TPSA) is 91.6 Å². The van der Waals surface area contributed by atoms with Crippen LogP contribution in [0.1, 0.15) is 15.9 Å². The molecule has 38 heavy (non-hydrogen) atoms. The summed E-state index contributed by atoms with van der Waals surface area (Å²) < 4.78 is 18.9. The van der Waals surface area contributed by atoms with Crippen LogP contribution in [0.25, 0.3) is 11.5 Å². The Balaban J connectivity index is 1.09. The van der Waals surface area contributed by atoms with Crippen molar-refractivity contribution in [1.29, 1.82) is 0 Å². The number of hydrogen-bond acceptors (Lipinski definition) is 7. The maximum absolute atomic E-state index is 13.4. The minimum absolute atomic E-state index is 0.0735. The van der Waals surface area contributed by atoms with Gasteiger partial charge < -0.3 is 19.5 Å². The quantitative estimate of drug-likeness (QED) is 0.340. The van der Waals surface area contributed by atoms with Crippen LogP contribution in [0.15, 0.2) is 82.4 Å². The van der Waals surface area contributed by atoms with Crippen LogP contribution in [0.5, 0.6) is 0 Å². The second-order valence-corrected chi connectivity index (χ2v) is 9.79. The van der Waals surface area contributed by atoms with Crippen molar-refractivity contribution in [2.24, 2.45) is 0 Å². The Bertz CT molecular complexity index is 1430. The molecular weight excluding hydrogens is 505 g/mol. The molecule has 0 saturated carbocycles. The van der Waals surface area contributed by atoms with E-state index in [1.807, 2.05) is 60.4 Å². The number of rotatable bonds is 7. The van der Waals surface area contributed by atoms with Gasteiger partial charge in [0.2, 0.25) is 11.8 Å². The Morgan fingerprint density at radius 2 is 1.74 bits per heavy atom. The van der Waals surface area contributed by atoms with Gasteiger partial charge in [-0.1, -0.05) is 36.0 Å². The molecule has 4 aromatic rings. The first kappa shape index (κ1) is 25.5. The van der Waals surface area contributed by atoms with E-state index >= 15 is 0 Å². The van der Waals surface area contributed by atoms with Crippen LogP contribution in [0, 0.1) is 12.7 Å². The van der Waals surface area contributed by atoms with Crippen LogP contribution in [0.2, 0.25) is 0 Å². The molecule has 0 unspecified atom stereocenters. The summed E-state index contributed by atoms with van der Waals surface area (Å²) in [6.45, 7) is 4.74. The number of benzene rings is 3. The molecule has 3 aromatic carbocycles. The predicted molar refractivity (Wildman–Crippen MR) is 145 cm³/mol. The molecule has 1 fully saturated rings. The molecule has 1 aliphatic rings. The molecule has 0 radical (unpaired) electrons. The molecule has 10 heteroatoms. The highest BCUT2D eigenvalue weighted by Gasteiger charge is 2.23. The second-order valence-electron chi connectivity index (χ2n) is 8.86. The molecular formula is C28H26FN5O3S. The van der Waals surface area contributed by atoms with Gasteiger partial charge in [-0.3, -0.25) is 9.59 Å². The Morgan fingerprint density at radius 1 is 0.974 bits per heavy atom. The number of carbonyl (C=O) groups excluding carboxylic acids is 2. The third kappa shape index (κ3) is 6.03. The summed E-state index contributed by atoms with van der Waals surface area (Å²) in [5, 5.41) is 10.9. The summed E-state index contributed by atoms with van der Waals surface area (Å²) in [5.74, 6) is -0.246. The predicted octanol–water partition coefficient (Wildman–Crippen LogP) is 4.88. The highest BCUT2D eigenvalue weighted by atomic mass is 32.2. The second kappa shape index (κ2) is 11.5. The molecule has 0 bridgehead atoms. The number of aryl methyl sites for hydroxylation is 1. The molecule has 5 rings (SSSR count). The molecule has 1 saturated heterocycles. The first-order valence-electron chi connectivity index (χ1n) is 12.2. The summed E-state index contributed by atoms with van der Waals surface area (Å²) in [4.78, 5) is 29.4. The van der Waals surface area contributed by atoms with E-state index in [0.717, 1.165) is 41.7 Å². The number of piperazine rings is 1. The lowest BCUT2D eigenvalue weighted by Crippen LogP contribution is -2.48. The third-order valence-electron chi connectivity index (χ3n) is 6.26. The number of anilines is 2. The molecule has 2 amide bonds. The highest BCUT2D eigenvalue weighted by Crippen LogP contribution is 2.24. The Kier molecular flexibility index (Phi) is 7.69. The number of thioether (sulfide) groups is 1. The van der Waals surface area contributed by atoms with Gasteiger partial charge in [0.05, 0.1) is 5.75 Å². The monoisotopic (exact) mass is 531 g/mol. The van der Waals surface area contributed by atoms with Gasteiger partial charge in [-0.25, -0.2) is 4.39 Å². The van der Waals surface area contributed by atoms with Crippen molar-refractivity contribution in [3.63, 3.8) is 0 Å². The number of halogens is 1. The van der Waals surface area contributed by atoms with Crippen LogP contribution in [-0.2, 0) is 4.79 Å². The normalized spacial score (nSPS) is 13.4. The lowest BCUT2D eigenvalue weighted by molar-refractivity contribution is -0.113. The third-order valence-corrected chi connectivity index (χ3v) is 7.08. The lowest BCUT2D eigenvalue weighted by atomic mass is 10.1. The fraction of sp³-hybridized carbons (Fsp3) is 0.214. The van der Waals surface area contributed by atoms with E-state index in [9.17, 15) is 14.0 Å². The van der Waals surface area contributed by atoms with Crippen molar-refractivity contribution in [3.8, 4) is 11.5 Å². The van der Waals surface area contributed by atoms with Gasteiger partial charge in [-0.05, 0) is 61.0 Å². The first-order chi connectivity index (χ1) is 18.5. The molecule has 194 valence electrons. The summed E-state index contributed by atoms with van der Waals surface area (Å²) in [7, 11) is 0. The number of amides is 2. The Hall–Kier alpha value is -4.18. The van der Waals surface area contributed by atoms with Gasteiger partial charge >= 0.3 is 0 Å². The number of hydrogen-bond donors (Lipinski definition) is 1. The first-order valence-corrected chi connectivity index (χ1v) is 13.2. The summed E-state index contributed by atoms with van der Waals surface area (Å²) >= 11 is 1.11. The van der Waals surface area contributed by atoms with Crippen LogP contribution >= 0.6 is 11.8 Å². The van der Waals surface area contributed by atoms with E-state index in [0.29, 0.717) is 24.3 Å². The van der Waals surface area contributed by atoms with Gasteiger partial charge in [0, 0.05) is 48.7 Å². The van der Waals surface area contributed by atoms with E-state index in [1.54, 1.807) is 12.1 Å². The highest BCUT2D eigenvalue weighted by molar-refractivity contribution is 7.99. The SMILES string of the molecule is Cc1ccccc1C(=O)N1CCN(c2ccc(NC(=O)CSc3nnc(-c4cccc(F)c4)o3)cc2)CC1. The van der Waals surface area contributed by atoms with Gasteiger partial charge in [-0.15, -0.1) is 10.2 Å². The number of aromatic nitrogens is 2. The van der Waals surface area contributed by atoms with E-state index in [1.165, 1.54) is 12.1 Å². The number of nitrogens with one attached hydrogen (secondary N) is 1. The zero-order valence-corrected chi connectivity index (χ0v) is 21.6. The molecule has 0 atom stereocenters. The minimum atomic E-state index is -0.393. The zero-order chi connectivity index (χ0) is 26.5. The van der Waals surface area contributed by atoms with Gasteiger partial charge in [0.1, 0.15) is 5.82 Å². The van der Waals surface area contributed by atoms with Gasteiger partial charge in [0.25, 0.3) is 11.1 Å². The molecule has 1 aromatic heterocycles.